The number of thioether (sulfide) groups is 1. The molecule has 32 heavy (non-hydrogen) atoms. The van der Waals surface area contributed by atoms with E-state index in [4.69, 9.17) is 11.6 Å². The SMILES string of the molecule is Cc1ccc(NC(=O)CSc2nc3nc(C)c(Cc4ccc(F)cc4Cl)c(C)n3n2)cc1. The van der Waals surface area contributed by atoms with Gasteiger partial charge in [0.25, 0.3) is 5.78 Å². The molecule has 2 aromatic carbocycles. The van der Waals surface area contributed by atoms with Gasteiger partial charge in [0.2, 0.25) is 11.1 Å². The number of nitrogens with one attached hydrogen (secondary N) is 1. The molecule has 1 amide bonds. The van der Waals surface area contributed by atoms with Gasteiger partial charge in [0.15, 0.2) is 0 Å². The number of halogens is 2. The third-order valence-electron chi connectivity index (χ3n) is 5.08. The van der Waals surface area contributed by atoms with Crippen LogP contribution in [0.2, 0.25) is 5.02 Å². The van der Waals surface area contributed by atoms with E-state index < -0.39 is 0 Å². The van der Waals surface area contributed by atoms with Gasteiger partial charge in [-0.05, 0) is 56.2 Å². The summed E-state index contributed by atoms with van der Waals surface area (Å²) in [5, 5.41) is 8.22. The molecule has 0 bridgehead atoms. The van der Waals surface area contributed by atoms with Crippen molar-refractivity contribution in [2.45, 2.75) is 32.3 Å². The zero-order valence-electron chi connectivity index (χ0n) is 17.8. The predicted octanol–water partition coefficient (Wildman–Crippen LogP) is 5.16. The monoisotopic (exact) mass is 469 g/mol. The molecule has 0 saturated heterocycles. The van der Waals surface area contributed by atoms with Gasteiger partial charge in [-0.2, -0.15) is 4.98 Å². The standard InChI is InChI=1S/C23H21ClFN5OS/c1-13-4-8-18(9-5-13)27-21(31)12-32-23-28-22-26-14(2)19(15(3)30(22)29-23)10-16-6-7-17(25)11-20(16)24/h4-9,11H,10,12H2,1-3H3,(H,27,31). The van der Waals surface area contributed by atoms with Gasteiger partial charge < -0.3 is 5.32 Å². The number of carbonyl (C=O) groups excluding carboxylic acids is 1. The highest BCUT2D eigenvalue weighted by Gasteiger charge is 2.16. The Morgan fingerprint density at radius 3 is 2.59 bits per heavy atom. The number of rotatable bonds is 6. The van der Waals surface area contributed by atoms with Gasteiger partial charge in [0, 0.05) is 28.5 Å². The smallest absolute Gasteiger partial charge is 0.253 e. The number of amides is 1. The molecule has 2 heterocycles. The van der Waals surface area contributed by atoms with Gasteiger partial charge in [0.1, 0.15) is 5.82 Å². The molecule has 0 saturated carbocycles. The minimum absolute atomic E-state index is 0.134. The van der Waals surface area contributed by atoms with Crippen LogP contribution in [0.3, 0.4) is 0 Å². The van der Waals surface area contributed by atoms with E-state index in [9.17, 15) is 9.18 Å². The highest BCUT2D eigenvalue weighted by Crippen LogP contribution is 2.25. The molecule has 0 aliphatic carbocycles. The third-order valence-corrected chi connectivity index (χ3v) is 6.27. The Morgan fingerprint density at radius 2 is 1.88 bits per heavy atom. The number of hydrogen-bond acceptors (Lipinski definition) is 5. The minimum atomic E-state index is -0.370. The number of nitrogens with zero attached hydrogens (tertiary/aromatic N) is 4. The van der Waals surface area contributed by atoms with Gasteiger partial charge in [-0.15, -0.1) is 5.10 Å². The number of hydrogen-bond donors (Lipinski definition) is 1. The molecule has 0 spiro atoms. The van der Waals surface area contributed by atoms with Gasteiger partial charge in [-0.3, -0.25) is 4.79 Å². The summed E-state index contributed by atoms with van der Waals surface area (Å²) in [6.45, 7) is 5.83. The Kier molecular flexibility index (Phi) is 6.43. The van der Waals surface area contributed by atoms with E-state index in [2.05, 4.69) is 20.4 Å². The molecular weight excluding hydrogens is 449 g/mol. The molecule has 4 aromatic rings. The molecule has 164 valence electrons. The molecule has 2 aromatic heterocycles. The fourth-order valence-electron chi connectivity index (χ4n) is 3.33. The zero-order chi connectivity index (χ0) is 22.8. The summed E-state index contributed by atoms with van der Waals surface area (Å²) in [5.41, 5.74) is 5.31. The summed E-state index contributed by atoms with van der Waals surface area (Å²) >= 11 is 7.45. The van der Waals surface area contributed by atoms with Crippen molar-refractivity contribution in [2.75, 3.05) is 11.1 Å². The largest absolute Gasteiger partial charge is 0.325 e. The first-order chi connectivity index (χ1) is 15.3. The van der Waals surface area contributed by atoms with Crippen LogP contribution in [-0.2, 0) is 11.2 Å². The molecular formula is C23H21ClFN5OS. The molecule has 1 N–H and O–H groups in total. The van der Waals surface area contributed by atoms with Crippen LogP contribution < -0.4 is 5.32 Å². The molecule has 9 heteroatoms. The van der Waals surface area contributed by atoms with Crippen molar-refractivity contribution < 1.29 is 9.18 Å². The van der Waals surface area contributed by atoms with Crippen LogP contribution in [-0.4, -0.2) is 31.2 Å². The van der Waals surface area contributed by atoms with E-state index in [1.54, 1.807) is 10.6 Å². The zero-order valence-corrected chi connectivity index (χ0v) is 19.4. The van der Waals surface area contributed by atoms with Crippen LogP contribution in [0.5, 0.6) is 0 Å². The maximum Gasteiger partial charge on any atom is 0.253 e. The maximum absolute atomic E-state index is 13.4. The second-order valence-corrected chi connectivity index (χ2v) is 8.83. The van der Waals surface area contributed by atoms with Crippen LogP contribution in [0, 0.1) is 26.6 Å². The fourth-order valence-corrected chi connectivity index (χ4v) is 4.18. The summed E-state index contributed by atoms with van der Waals surface area (Å²) in [5.74, 6) is 0.145. The van der Waals surface area contributed by atoms with Crippen molar-refractivity contribution in [1.82, 2.24) is 19.6 Å². The topological polar surface area (TPSA) is 72.2 Å². The lowest BCUT2D eigenvalue weighted by Crippen LogP contribution is -2.14. The van der Waals surface area contributed by atoms with E-state index in [1.807, 2.05) is 45.0 Å². The summed E-state index contributed by atoms with van der Waals surface area (Å²) in [4.78, 5) is 21.3. The Labute approximate surface area is 194 Å². The maximum atomic E-state index is 13.4. The van der Waals surface area contributed by atoms with Crippen LogP contribution >= 0.6 is 23.4 Å². The highest BCUT2D eigenvalue weighted by atomic mass is 35.5. The third kappa shape index (κ3) is 4.92. The molecule has 0 atom stereocenters. The van der Waals surface area contributed by atoms with E-state index in [-0.39, 0.29) is 17.5 Å². The number of aryl methyl sites for hydroxylation is 3. The molecule has 0 aliphatic heterocycles. The number of carbonyl (C=O) groups is 1. The molecule has 0 aliphatic rings. The Balaban J connectivity index is 1.50. The normalized spacial score (nSPS) is 11.2. The lowest BCUT2D eigenvalue weighted by atomic mass is 10.0. The lowest BCUT2D eigenvalue weighted by molar-refractivity contribution is -0.113. The predicted molar refractivity (Wildman–Crippen MR) is 125 cm³/mol. The summed E-state index contributed by atoms with van der Waals surface area (Å²) in [6, 6.07) is 12.0. The van der Waals surface area contributed by atoms with E-state index in [0.717, 1.165) is 33.8 Å². The van der Waals surface area contributed by atoms with Gasteiger partial charge >= 0.3 is 0 Å². The quantitative estimate of drug-likeness (QED) is 0.395. The van der Waals surface area contributed by atoms with Crippen LogP contribution in [0.15, 0.2) is 47.6 Å². The van der Waals surface area contributed by atoms with Crippen LogP contribution in [0.1, 0.15) is 28.1 Å². The Hall–Kier alpha value is -2.97. The molecule has 0 fully saturated rings. The van der Waals surface area contributed by atoms with E-state index in [1.165, 1.54) is 23.9 Å². The average Bonchev–Trinajstić information content (AvgIpc) is 3.16. The first-order valence-corrected chi connectivity index (χ1v) is 11.3. The molecule has 0 unspecified atom stereocenters. The van der Waals surface area contributed by atoms with Gasteiger partial charge in [-0.1, -0.05) is 47.1 Å². The molecule has 0 radical (unpaired) electrons. The Morgan fingerprint density at radius 1 is 1.12 bits per heavy atom. The molecule has 4 rings (SSSR count). The summed E-state index contributed by atoms with van der Waals surface area (Å²) < 4.78 is 15.0. The number of anilines is 1. The van der Waals surface area contributed by atoms with Crippen molar-refractivity contribution in [3.8, 4) is 0 Å². The first-order valence-electron chi connectivity index (χ1n) is 9.96. The second-order valence-electron chi connectivity index (χ2n) is 7.48. The van der Waals surface area contributed by atoms with E-state index in [0.29, 0.717) is 22.4 Å². The van der Waals surface area contributed by atoms with Gasteiger partial charge in [-0.25, -0.2) is 13.9 Å². The Bertz CT molecular complexity index is 1310. The second kappa shape index (κ2) is 9.26. The summed E-state index contributed by atoms with van der Waals surface area (Å²) in [6.07, 6.45) is 0.501. The van der Waals surface area contributed by atoms with Crippen molar-refractivity contribution in [3.05, 3.63) is 81.4 Å². The molecule has 6 nitrogen and oxygen atoms in total. The number of fused-ring (bicyclic) bond motifs is 1. The lowest BCUT2D eigenvalue weighted by Gasteiger charge is -2.11. The van der Waals surface area contributed by atoms with Crippen molar-refractivity contribution in [1.29, 1.82) is 0 Å². The van der Waals surface area contributed by atoms with Crippen molar-refractivity contribution in [2.24, 2.45) is 0 Å². The van der Waals surface area contributed by atoms with E-state index >= 15 is 0 Å². The number of benzene rings is 2. The van der Waals surface area contributed by atoms with Crippen molar-refractivity contribution in [3.63, 3.8) is 0 Å². The minimum Gasteiger partial charge on any atom is -0.325 e. The number of aromatic nitrogens is 4. The first kappa shape index (κ1) is 22.2. The van der Waals surface area contributed by atoms with Crippen LogP contribution in [0.4, 0.5) is 10.1 Å². The van der Waals surface area contributed by atoms with Crippen molar-refractivity contribution >= 4 is 40.7 Å². The average molecular weight is 470 g/mol. The fraction of sp³-hybridized carbons (Fsp3) is 0.217. The summed E-state index contributed by atoms with van der Waals surface area (Å²) in [7, 11) is 0. The highest BCUT2D eigenvalue weighted by molar-refractivity contribution is 7.99. The van der Waals surface area contributed by atoms with Crippen LogP contribution in [0.25, 0.3) is 5.78 Å². The van der Waals surface area contributed by atoms with Gasteiger partial charge in [0.05, 0.1) is 5.75 Å².